The summed E-state index contributed by atoms with van der Waals surface area (Å²) in [6.07, 6.45) is 0. The monoisotopic (exact) mass is 348 g/mol. The number of aromatic nitrogens is 1. The minimum atomic E-state index is 0.192. The van der Waals surface area contributed by atoms with Gasteiger partial charge in [0.25, 0.3) is 0 Å². The number of thiophene rings is 1. The average molecular weight is 348 g/mol. The van der Waals surface area contributed by atoms with Crippen LogP contribution < -0.4 is 10.3 Å². The molecule has 0 fully saturated rings. The predicted octanol–water partition coefficient (Wildman–Crippen LogP) is 5.23. The molecule has 2 aliphatic heterocycles. The van der Waals surface area contributed by atoms with E-state index >= 15 is 0 Å². The van der Waals surface area contributed by atoms with Crippen LogP contribution in [0.15, 0.2) is 78.2 Å². The molecule has 0 atom stereocenters. The number of benzene rings is 3. The Bertz CT molecular complexity index is 1360. The second kappa shape index (κ2) is 4.40. The first-order valence-corrected chi connectivity index (χ1v) is 9.79. The van der Waals surface area contributed by atoms with Crippen molar-refractivity contribution in [1.82, 2.24) is 4.48 Å². The zero-order valence-corrected chi connectivity index (χ0v) is 14.7. The zero-order valence-electron chi connectivity index (χ0n) is 13.9. The third kappa shape index (κ3) is 1.35. The lowest BCUT2D eigenvalue weighted by molar-refractivity contribution is 1.32. The fourth-order valence-corrected chi connectivity index (χ4v) is 5.84. The molecule has 0 spiro atoms. The van der Waals surface area contributed by atoms with Crippen LogP contribution in [-0.2, 0) is 0 Å². The van der Waals surface area contributed by atoms with Gasteiger partial charge in [-0.25, -0.2) is 0 Å². The van der Waals surface area contributed by atoms with Gasteiger partial charge in [0.15, 0.2) is 0 Å². The smallest absolute Gasteiger partial charge is 0.359 e. The number of nitrogens with zero attached hydrogens (tertiary/aromatic N) is 2. The predicted molar refractivity (Wildman–Crippen MR) is 112 cm³/mol. The molecule has 26 heavy (non-hydrogen) atoms. The van der Waals surface area contributed by atoms with Crippen molar-refractivity contribution in [2.24, 2.45) is 0 Å². The fraction of sp³-hybridized carbons (Fsp3) is 0. The second-order valence-corrected chi connectivity index (χ2v) is 7.93. The van der Waals surface area contributed by atoms with Gasteiger partial charge in [0.05, 0.1) is 16.2 Å². The average Bonchev–Trinajstić information content (AvgIpc) is 3.38. The Morgan fingerprint density at radius 2 is 1.58 bits per heavy atom. The maximum Gasteiger partial charge on any atom is 0.422 e. The van der Waals surface area contributed by atoms with E-state index in [1.807, 2.05) is 11.3 Å². The molecule has 0 amide bonds. The van der Waals surface area contributed by atoms with Crippen molar-refractivity contribution in [2.45, 2.75) is 0 Å². The first kappa shape index (κ1) is 13.3. The van der Waals surface area contributed by atoms with Crippen LogP contribution in [0.3, 0.4) is 0 Å². The highest BCUT2D eigenvalue weighted by Gasteiger charge is 2.45. The second-order valence-electron chi connectivity index (χ2n) is 7.03. The lowest BCUT2D eigenvalue weighted by Crippen LogP contribution is -2.51. The number of anilines is 2. The van der Waals surface area contributed by atoms with Crippen molar-refractivity contribution in [3.8, 4) is 11.1 Å². The van der Waals surface area contributed by atoms with Gasteiger partial charge in [-0.05, 0) is 34.6 Å². The summed E-state index contributed by atoms with van der Waals surface area (Å²) < 4.78 is 2.54. The third-order valence-corrected chi connectivity index (χ3v) is 6.76. The molecule has 0 saturated carbocycles. The Hall–Kier alpha value is -2.98. The van der Waals surface area contributed by atoms with E-state index in [9.17, 15) is 0 Å². The molecule has 0 aliphatic carbocycles. The van der Waals surface area contributed by atoms with E-state index in [4.69, 9.17) is 0 Å². The number of hydrogen-bond donors (Lipinski definition) is 0. The minimum Gasteiger partial charge on any atom is -0.359 e. The molecule has 3 aromatic carbocycles. The van der Waals surface area contributed by atoms with Gasteiger partial charge in [-0.3, -0.25) is 0 Å². The summed E-state index contributed by atoms with van der Waals surface area (Å²) in [5.74, 6) is 0. The number of hydrogen-bond acceptors (Lipinski definition) is 2. The van der Waals surface area contributed by atoms with Crippen LogP contribution in [0, 0.1) is 0 Å². The Kier molecular flexibility index (Phi) is 2.25. The maximum absolute atomic E-state index is 2.54. The summed E-state index contributed by atoms with van der Waals surface area (Å²) >= 11 is 1.84. The van der Waals surface area contributed by atoms with Crippen LogP contribution in [0.2, 0.25) is 0 Å². The lowest BCUT2D eigenvalue weighted by Gasteiger charge is -2.32. The normalized spacial score (nSPS) is 14.0. The van der Waals surface area contributed by atoms with Gasteiger partial charge in [-0.1, -0.05) is 54.6 Å². The first-order chi connectivity index (χ1) is 12.9. The molecule has 7 rings (SSSR count). The van der Waals surface area contributed by atoms with Gasteiger partial charge >= 0.3 is 6.98 Å². The Balaban J connectivity index is 1.72. The largest absolute Gasteiger partial charge is 0.422 e. The zero-order chi connectivity index (χ0) is 16.8. The van der Waals surface area contributed by atoms with Crippen molar-refractivity contribution in [1.29, 1.82) is 0 Å². The highest BCUT2D eigenvalue weighted by Crippen LogP contribution is 2.50. The van der Waals surface area contributed by atoms with Crippen molar-refractivity contribution < 1.29 is 0 Å². The molecule has 4 heterocycles. The highest BCUT2D eigenvalue weighted by molar-refractivity contribution is 7.16. The van der Waals surface area contributed by atoms with Crippen molar-refractivity contribution in [3.63, 3.8) is 0 Å². The maximum atomic E-state index is 2.54. The van der Waals surface area contributed by atoms with Crippen molar-refractivity contribution in [3.05, 3.63) is 78.2 Å². The topological polar surface area (TPSA) is 8.17 Å². The van der Waals surface area contributed by atoms with Crippen LogP contribution in [0.1, 0.15) is 0 Å². The van der Waals surface area contributed by atoms with Crippen LogP contribution in [0.4, 0.5) is 10.7 Å². The van der Waals surface area contributed by atoms with Crippen molar-refractivity contribution >= 4 is 56.3 Å². The van der Waals surface area contributed by atoms with E-state index < -0.39 is 0 Å². The van der Waals surface area contributed by atoms with E-state index in [0.29, 0.717) is 0 Å². The van der Waals surface area contributed by atoms with Crippen LogP contribution in [0.25, 0.3) is 32.9 Å². The third-order valence-electron chi connectivity index (χ3n) is 5.85. The molecule has 2 aliphatic rings. The fourth-order valence-electron chi connectivity index (χ4n) is 4.89. The quantitative estimate of drug-likeness (QED) is 0.348. The molecular weight excluding hydrogens is 335 g/mol. The summed E-state index contributed by atoms with van der Waals surface area (Å²) in [5.41, 5.74) is 8.10. The number of para-hydroxylation sites is 2. The van der Waals surface area contributed by atoms with Crippen LogP contribution in [-0.4, -0.2) is 11.5 Å². The molecule has 0 bridgehead atoms. The summed E-state index contributed by atoms with van der Waals surface area (Å²) in [7, 11) is 0. The van der Waals surface area contributed by atoms with Gasteiger partial charge in [0, 0.05) is 21.9 Å². The summed E-state index contributed by atoms with van der Waals surface area (Å²) in [6.45, 7) is 0.192. The molecular formula is C22H13BN2S. The van der Waals surface area contributed by atoms with Gasteiger partial charge in [-0.15, -0.1) is 11.3 Å². The first-order valence-electron chi connectivity index (χ1n) is 8.91. The molecule has 5 aromatic rings. The van der Waals surface area contributed by atoms with Crippen LogP contribution >= 0.6 is 11.3 Å². The van der Waals surface area contributed by atoms with Gasteiger partial charge < -0.3 is 9.29 Å². The van der Waals surface area contributed by atoms with E-state index in [-0.39, 0.29) is 6.98 Å². The van der Waals surface area contributed by atoms with Crippen molar-refractivity contribution in [2.75, 3.05) is 4.81 Å². The molecule has 0 unspecified atom stereocenters. The Morgan fingerprint density at radius 1 is 0.731 bits per heavy atom. The molecule has 0 N–H and O–H groups in total. The molecule has 2 aromatic heterocycles. The summed E-state index contributed by atoms with van der Waals surface area (Å²) in [4.78, 5) is 2.54. The summed E-state index contributed by atoms with van der Waals surface area (Å²) in [5, 5.41) is 6.27. The van der Waals surface area contributed by atoms with E-state index in [1.54, 1.807) is 0 Å². The standard InChI is InChI=1S/C22H13BN2S/c1-3-9-18-14(6-1)17-12-13-26-22(17)25-20-11-5-8-16-15-7-2-4-10-19(15)24(21(16)20)23(18)25/h1-13H. The molecule has 120 valence electrons. The Morgan fingerprint density at radius 3 is 2.58 bits per heavy atom. The molecule has 0 saturated heterocycles. The van der Waals surface area contributed by atoms with Gasteiger partial charge in [-0.2, -0.15) is 0 Å². The van der Waals surface area contributed by atoms with E-state index in [0.717, 1.165) is 0 Å². The SMILES string of the molecule is c1ccc2c(c1)B1N(c3sccc3-2)c2cccc3c4ccccc4n1c23. The van der Waals surface area contributed by atoms with E-state index in [2.05, 4.69) is 87.5 Å². The van der Waals surface area contributed by atoms with E-state index in [1.165, 1.54) is 49.1 Å². The molecule has 4 heteroatoms. The number of rotatable bonds is 0. The summed E-state index contributed by atoms with van der Waals surface area (Å²) in [6, 6.07) is 26.7. The minimum absolute atomic E-state index is 0.192. The van der Waals surface area contributed by atoms with Gasteiger partial charge in [0.2, 0.25) is 0 Å². The Labute approximate surface area is 155 Å². The molecule has 0 radical (unpaired) electrons. The van der Waals surface area contributed by atoms with Gasteiger partial charge in [0.1, 0.15) is 0 Å². The highest BCUT2D eigenvalue weighted by atomic mass is 32.1. The number of fused-ring (bicyclic) bond motifs is 11. The lowest BCUT2D eigenvalue weighted by atomic mass is 9.61. The van der Waals surface area contributed by atoms with Crippen LogP contribution in [0.5, 0.6) is 0 Å². The molecule has 2 nitrogen and oxygen atoms in total.